The lowest BCUT2D eigenvalue weighted by Crippen LogP contribution is -2.30. The van der Waals surface area contributed by atoms with Gasteiger partial charge in [-0.05, 0) is 52.2 Å². The second-order valence-electron chi connectivity index (χ2n) is 7.87. The van der Waals surface area contributed by atoms with E-state index in [1.807, 2.05) is 18.2 Å². The molecule has 0 fully saturated rings. The van der Waals surface area contributed by atoms with Crippen molar-refractivity contribution in [3.8, 4) is 0 Å². The Kier molecular flexibility index (Phi) is 3.63. The number of fused-ring (bicyclic) bond motifs is 4. The standard InChI is InChI=1S/C26H21NO/c1-26(2)22-10-6-7-11-23(22)27(20-8-4-3-5-9-20)24-15-13-19-16-18(17-28)12-14-21(19)25(24)26/h3-17H,1-2H3. The van der Waals surface area contributed by atoms with Crippen molar-refractivity contribution in [2.75, 3.05) is 4.90 Å². The van der Waals surface area contributed by atoms with Gasteiger partial charge in [-0.1, -0.05) is 68.4 Å². The molecule has 0 spiro atoms. The molecule has 2 nitrogen and oxygen atoms in total. The minimum Gasteiger partial charge on any atom is -0.310 e. The Morgan fingerprint density at radius 3 is 2.32 bits per heavy atom. The molecule has 4 aromatic carbocycles. The van der Waals surface area contributed by atoms with Gasteiger partial charge in [-0.25, -0.2) is 0 Å². The number of benzene rings is 4. The first-order valence-corrected chi connectivity index (χ1v) is 9.58. The Labute approximate surface area is 165 Å². The van der Waals surface area contributed by atoms with E-state index in [1.165, 1.54) is 27.9 Å². The zero-order valence-electron chi connectivity index (χ0n) is 16.0. The Morgan fingerprint density at radius 1 is 0.786 bits per heavy atom. The first-order chi connectivity index (χ1) is 13.6. The average molecular weight is 363 g/mol. The number of para-hydroxylation sites is 2. The Hall–Kier alpha value is -3.39. The zero-order valence-corrected chi connectivity index (χ0v) is 16.0. The van der Waals surface area contributed by atoms with Crippen molar-refractivity contribution in [2.24, 2.45) is 0 Å². The van der Waals surface area contributed by atoms with Crippen LogP contribution in [0.3, 0.4) is 0 Å². The van der Waals surface area contributed by atoms with Crippen LogP contribution in [0.15, 0.2) is 84.9 Å². The van der Waals surface area contributed by atoms with Gasteiger partial charge in [0.2, 0.25) is 0 Å². The van der Waals surface area contributed by atoms with Gasteiger partial charge in [0, 0.05) is 16.7 Å². The fourth-order valence-corrected chi connectivity index (χ4v) is 4.57. The smallest absolute Gasteiger partial charge is 0.150 e. The van der Waals surface area contributed by atoms with Crippen molar-refractivity contribution in [1.82, 2.24) is 0 Å². The predicted molar refractivity (Wildman–Crippen MR) is 116 cm³/mol. The number of carbonyl (C=O) groups excluding carboxylic acids is 1. The molecule has 0 atom stereocenters. The van der Waals surface area contributed by atoms with Gasteiger partial charge in [-0.15, -0.1) is 0 Å². The van der Waals surface area contributed by atoms with Gasteiger partial charge in [0.25, 0.3) is 0 Å². The number of hydrogen-bond donors (Lipinski definition) is 0. The van der Waals surface area contributed by atoms with Crippen molar-refractivity contribution >= 4 is 34.1 Å². The van der Waals surface area contributed by atoms with Gasteiger partial charge in [-0.2, -0.15) is 0 Å². The van der Waals surface area contributed by atoms with E-state index < -0.39 is 0 Å². The van der Waals surface area contributed by atoms with E-state index in [9.17, 15) is 4.79 Å². The molecule has 1 heterocycles. The minimum atomic E-state index is -0.153. The van der Waals surface area contributed by atoms with Crippen LogP contribution in [-0.2, 0) is 5.41 Å². The summed E-state index contributed by atoms with van der Waals surface area (Å²) in [7, 11) is 0. The molecule has 0 aromatic heterocycles. The summed E-state index contributed by atoms with van der Waals surface area (Å²) in [5.41, 5.74) is 6.72. The van der Waals surface area contributed by atoms with E-state index in [4.69, 9.17) is 0 Å². The van der Waals surface area contributed by atoms with E-state index in [0.29, 0.717) is 5.56 Å². The molecular formula is C26H21NO. The Morgan fingerprint density at radius 2 is 1.54 bits per heavy atom. The number of nitrogens with zero attached hydrogens (tertiary/aromatic N) is 1. The Balaban J connectivity index is 1.89. The van der Waals surface area contributed by atoms with Crippen LogP contribution in [0.4, 0.5) is 17.1 Å². The lowest BCUT2D eigenvalue weighted by Gasteiger charge is -2.42. The molecular weight excluding hydrogens is 342 g/mol. The fourth-order valence-electron chi connectivity index (χ4n) is 4.57. The van der Waals surface area contributed by atoms with Gasteiger partial charge in [0.05, 0.1) is 11.4 Å². The highest BCUT2D eigenvalue weighted by Crippen LogP contribution is 2.53. The van der Waals surface area contributed by atoms with Gasteiger partial charge in [0.1, 0.15) is 6.29 Å². The van der Waals surface area contributed by atoms with E-state index in [0.717, 1.165) is 17.4 Å². The van der Waals surface area contributed by atoms with Crippen molar-refractivity contribution in [1.29, 1.82) is 0 Å². The van der Waals surface area contributed by atoms with E-state index >= 15 is 0 Å². The average Bonchev–Trinajstić information content (AvgIpc) is 2.74. The molecule has 0 N–H and O–H groups in total. The van der Waals surface area contributed by atoms with Gasteiger partial charge >= 0.3 is 0 Å². The molecule has 4 aromatic rings. The molecule has 5 rings (SSSR count). The maximum absolute atomic E-state index is 11.3. The van der Waals surface area contributed by atoms with Crippen molar-refractivity contribution in [3.05, 3.63) is 102 Å². The highest BCUT2D eigenvalue weighted by atomic mass is 16.1. The van der Waals surface area contributed by atoms with Crippen molar-refractivity contribution < 1.29 is 4.79 Å². The summed E-state index contributed by atoms with van der Waals surface area (Å²) in [6.45, 7) is 4.58. The molecule has 0 unspecified atom stereocenters. The molecule has 1 aliphatic heterocycles. The summed E-state index contributed by atoms with van der Waals surface area (Å²) in [4.78, 5) is 13.6. The van der Waals surface area contributed by atoms with Gasteiger partial charge in [0.15, 0.2) is 0 Å². The van der Waals surface area contributed by atoms with Crippen molar-refractivity contribution in [2.45, 2.75) is 19.3 Å². The largest absolute Gasteiger partial charge is 0.310 e. The number of rotatable bonds is 2. The zero-order chi connectivity index (χ0) is 19.3. The fraction of sp³-hybridized carbons (Fsp3) is 0.115. The van der Waals surface area contributed by atoms with E-state index in [2.05, 4.69) is 85.5 Å². The number of carbonyl (C=O) groups is 1. The van der Waals surface area contributed by atoms with E-state index in [-0.39, 0.29) is 5.41 Å². The van der Waals surface area contributed by atoms with Gasteiger partial charge in [-0.3, -0.25) is 4.79 Å². The summed E-state index contributed by atoms with van der Waals surface area (Å²) >= 11 is 0. The summed E-state index contributed by atoms with van der Waals surface area (Å²) in [6, 6.07) is 29.5. The summed E-state index contributed by atoms with van der Waals surface area (Å²) in [5.74, 6) is 0. The van der Waals surface area contributed by atoms with Crippen molar-refractivity contribution in [3.63, 3.8) is 0 Å². The normalized spacial score (nSPS) is 14.4. The number of hydrogen-bond acceptors (Lipinski definition) is 2. The highest BCUT2D eigenvalue weighted by molar-refractivity contribution is 5.99. The number of aldehydes is 1. The SMILES string of the molecule is CC1(C)c2ccccc2N(c2ccccc2)c2ccc3cc(C=O)ccc3c21. The minimum absolute atomic E-state index is 0.153. The molecule has 0 amide bonds. The van der Waals surface area contributed by atoms with Crippen LogP contribution in [0, 0.1) is 0 Å². The molecule has 2 heteroatoms. The number of anilines is 3. The van der Waals surface area contributed by atoms with Crippen LogP contribution in [0.5, 0.6) is 0 Å². The van der Waals surface area contributed by atoms with Crippen LogP contribution in [0.2, 0.25) is 0 Å². The van der Waals surface area contributed by atoms with Crippen LogP contribution in [0.1, 0.15) is 35.3 Å². The molecule has 0 saturated carbocycles. The molecule has 0 aliphatic carbocycles. The molecule has 1 aliphatic rings. The lowest BCUT2D eigenvalue weighted by atomic mass is 9.71. The molecule has 28 heavy (non-hydrogen) atoms. The summed E-state index contributed by atoms with van der Waals surface area (Å²) in [5, 5.41) is 2.30. The third kappa shape index (κ3) is 2.31. The Bertz CT molecular complexity index is 1210. The van der Waals surface area contributed by atoms with Crippen LogP contribution in [-0.4, -0.2) is 6.29 Å². The third-order valence-corrected chi connectivity index (χ3v) is 5.86. The maximum Gasteiger partial charge on any atom is 0.150 e. The molecule has 136 valence electrons. The first-order valence-electron chi connectivity index (χ1n) is 9.58. The maximum atomic E-state index is 11.3. The van der Waals surface area contributed by atoms with Crippen LogP contribution < -0.4 is 4.90 Å². The second-order valence-corrected chi connectivity index (χ2v) is 7.87. The highest BCUT2D eigenvalue weighted by Gasteiger charge is 2.37. The van der Waals surface area contributed by atoms with Crippen LogP contribution in [0.25, 0.3) is 10.8 Å². The molecule has 0 radical (unpaired) electrons. The van der Waals surface area contributed by atoms with E-state index in [1.54, 1.807) is 0 Å². The topological polar surface area (TPSA) is 20.3 Å². The third-order valence-electron chi connectivity index (χ3n) is 5.86. The van der Waals surface area contributed by atoms with Gasteiger partial charge < -0.3 is 4.90 Å². The summed E-state index contributed by atoms with van der Waals surface area (Å²) in [6.07, 6.45) is 0.912. The molecule has 0 bridgehead atoms. The first kappa shape index (κ1) is 16.8. The molecule has 0 saturated heterocycles. The summed E-state index contributed by atoms with van der Waals surface area (Å²) < 4.78 is 0. The second kappa shape index (κ2) is 6.07. The monoisotopic (exact) mass is 363 g/mol. The van der Waals surface area contributed by atoms with Crippen LogP contribution >= 0.6 is 0 Å². The quantitative estimate of drug-likeness (QED) is 0.367. The lowest BCUT2D eigenvalue weighted by molar-refractivity contribution is 0.112. The predicted octanol–water partition coefficient (Wildman–Crippen LogP) is 6.76.